The highest BCUT2D eigenvalue weighted by molar-refractivity contribution is 6.07. The molecule has 2 rings (SSSR count). The molecular weight excluding hydrogens is 338 g/mol. The molecule has 0 fully saturated rings. The molecule has 1 amide bonds. The molecule has 2 aromatic carbocycles. The lowest BCUT2D eigenvalue weighted by Gasteiger charge is -2.12. The molecule has 0 bridgehead atoms. The Balaban J connectivity index is 1.97. The summed E-state index contributed by atoms with van der Waals surface area (Å²) in [6, 6.07) is 13.8. The number of aryl methyl sites for hydroxylation is 3. The molecule has 0 radical (unpaired) electrons. The zero-order valence-corrected chi connectivity index (χ0v) is 16.2. The van der Waals surface area contributed by atoms with E-state index in [0.29, 0.717) is 6.54 Å². The van der Waals surface area contributed by atoms with Crippen LogP contribution in [-0.2, 0) is 11.2 Å². The predicted octanol–water partition coefficient (Wildman–Crippen LogP) is 3.80. The van der Waals surface area contributed by atoms with Gasteiger partial charge in [-0.1, -0.05) is 29.8 Å². The molecular formula is C22H25N3O2. The summed E-state index contributed by atoms with van der Waals surface area (Å²) in [7, 11) is 1.63. The van der Waals surface area contributed by atoms with Crippen molar-refractivity contribution in [3.8, 4) is 11.8 Å². The largest absolute Gasteiger partial charge is 0.497 e. The van der Waals surface area contributed by atoms with Crippen molar-refractivity contribution in [1.29, 1.82) is 5.26 Å². The minimum absolute atomic E-state index is 0.0417. The molecule has 0 saturated carbocycles. The Morgan fingerprint density at radius 3 is 2.52 bits per heavy atom. The van der Waals surface area contributed by atoms with E-state index in [4.69, 9.17) is 4.74 Å². The number of anilines is 1. The van der Waals surface area contributed by atoms with Crippen molar-refractivity contribution in [2.45, 2.75) is 27.2 Å². The number of rotatable bonds is 7. The van der Waals surface area contributed by atoms with Gasteiger partial charge in [0.15, 0.2) is 0 Å². The first-order chi connectivity index (χ1) is 12.9. The number of nitrogens with one attached hydrogen (secondary N) is 2. The van der Waals surface area contributed by atoms with Gasteiger partial charge in [-0.2, -0.15) is 5.26 Å². The standard InChI is InChI=1S/C22H25N3O2/c1-15-10-16(2)21(17(3)11-15)25-22(26)19(13-23)14-24-9-8-18-6-5-7-20(12-18)27-4/h5-7,10-12,14,24H,8-9H2,1-4H3,(H,25,26)/b19-14-. The Morgan fingerprint density at radius 2 is 1.89 bits per heavy atom. The lowest BCUT2D eigenvalue weighted by Crippen LogP contribution is -2.19. The summed E-state index contributed by atoms with van der Waals surface area (Å²) >= 11 is 0. The third kappa shape index (κ3) is 5.61. The fourth-order valence-corrected chi connectivity index (χ4v) is 2.93. The quantitative estimate of drug-likeness (QED) is 0.446. The fraction of sp³-hybridized carbons (Fsp3) is 0.273. The van der Waals surface area contributed by atoms with Gasteiger partial charge < -0.3 is 15.4 Å². The van der Waals surface area contributed by atoms with E-state index in [1.54, 1.807) is 7.11 Å². The summed E-state index contributed by atoms with van der Waals surface area (Å²) in [5, 5.41) is 15.2. The molecule has 0 saturated heterocycles. The van der Waals surface area contributed by atoms with Crippen molar-refractivity contribution in [2.75, 3.05) is 19.0 Å². The van der Waals surface area contributed by atoms with Crippen LogP contribution in [0.25, 0.3) is 0 Å². The number of carbonyl (C=O) groups is 1. The second kappa shape index (κ2) is 9.44. The van der Waals surface area contributed by atoms with Gasteiger partial charge in [-0.3, -0.25) is 4.79 Å². The van der Waals surface area contributed by atoms with Crippen LogP contribution < -0.4 is 15.4 Å². The summed E-state index contributed by atoms with van der Waals surface area (Å²) in [5.74, 6) is 0.394. The van der Waals surface area contributed by atoms with Gasteiger partial charge in [-0.15, -0.1) is 0 Å². The summed E-state index contributed by atoms with van der Waals surface area (Å²) < 4.78 is 5.20. The number of hydrogen-bond donors (Lipinski definition) is 2. The molecule has 140 valence electrons. The highest BCUT2D eigenvalue weighted by Gasteiger charge is 2.12. The first-order valence-electron chi connectivity index (χ1n) is 8.80. The SMILES string of the molecule is COc1cccc(CCN/C=C(/C#N)C(=O)Nc2c(C)cc(C)cc2C)c1. The monoisotopic (exact) mass is 363 g/mol. The summed E-state index contributed by atoms with van der Waals surface area (Å²) in [5.41, 5.74) is 5.00. The number of methoxy groups -OCH3 is 1. The van der Waals surface area contributed by atoms with Crippen LogP contribution in [0.15, 0.2) is 48.2 Å². The van der Waals surface area contributed by atoms with Crippen LogP contribution in [0, 0.1) is 32.1 Å². The molecule has 0 unspecified atom stereocenters. The summed E-state index contributed by atoms with van der Waals surface area (Å²) in [6.45, 7) is 6.50. The lowest BCUT2D eigenvalue weighted by atomic mass is 10.0. The Kier molecular flexibility index (Phi) is 7.01. The van der Waals surface area contributed by atoms with Crippen molar-refractivity contribution in [3.63, 3.8) is 0 Å². The molecule has 0 aromatic heterocycles. The second-order valence-electron chi connectivity index (χ2n) is 6.45. The van der Waals surface area contributed by atoms with Crippen LogP contribution in [-0.4, -0.2) is 19.6 Å². The van der Waals surface area contributed by atoms with E-state index >= 15 is 0 Å². The number of carbonyl (C=O) groups excluding carboxylic acids is 1. The average Bonchev–Trinajstić information content (AvgIpc) is 2.64. The van der Waals surface area contributed by atoms with E-state index in [9.17, 15) is 10.1 Å². The summed E-state index contributed by atoms with van der Waals surface area (Å²) in [4.78, 5) is 12.4. The Labute approximate surface area is 160 Å². The Bertz CT molecular complexity index is 872. The van der Waals surface area contributed by atoms with E-state index in [-0.39, 0.29) is 5.57 Å². The fourth-order valence-electron chi connectivity index (χ4n) is 2.93. The van der Waals surface area contributed by atoms with Crippen LogP contribution in [0.2, 0.25) is 0 Å². The van der Waals surface area contributed by atoms with Crippen molar-refractivity contribution in [2.24, 2.45) is 0 Å². The van der Waals surface area contributed by atoms with Gasteiger partial charge in [-0.05, 0) is 56.0 Å². The minimum Gasteiger partial charge on any atom is -0.497 e. The zero-order chi connectivity index (χ0) is 19.8. The number of nitriles is 1. The van der Waals surface area contributed by atoms with Crippen LogP contribution >= 0.6 is 0 Å². The maximum atomic E-state index is 12.4. The van der Waals surface area contributed by atoms with Gasteiger partial charge in [0.05, 0.1) is 7.11 Å². The van der Waals surface area contributed by atoms with Crippen LogP contribution in [0.1, 0.15) is 22.3 Å². The van der Waals surface area contributed by atoms with E-state index < -0.39 is 5.91 Å². The third-order valence-electron chi connectivity index (χ3n) is 4.22. The second-order valence-corrected chi connectivity index (χ2v) is 6.45. The van der Waals surface area contributed by atoms with Gasteiger partial charge in [-0.25, -0.2) is 0 Å². The minimum atomic E-state index is -0.415. The molecule has 0 atom stereocenters. The van der Waals surface area contributed by atoms with Crippen molar-refractivity contribution >= 4 is 11.6 Å². The molecule has 0 aliphatic heterocycles. The molecule has 0 aliphatic carbocycles. The molecule has 0 spiro atoms. The van der Waals surface area contributed by atoms with Crippen molar-refractivity contribution < 1.29 is 9.53 Å². The highest BCUT2D eigenvalue weighted by Crippen LogP contribution is 2.22. The molecule has 2 N–H and O–H groups in total. The zero-order valence-electron chi connectivity index (χ0n) is 16.2. The van der Waals surface area contributed by atoms with Crippen molar-refractivity contribution in [3.05, 3.63) is 70.4 Å². The van der Waals surface area contributed by atoms with Crippen molar-refractivity contribution in [1.82, 2.24) is 5.32 Å². The van der Waals surface area contributed by atoms with E-state index in [1.807, 2.05) is 63.2 Å². The van der Waals surface area contributed by atoms with Crippen LogP contribution in [0.4, 0.5) is 5.69 Å². The molecule has 27 heavy (non-hydrogen) atoms. The van der Waals surface area contributed by atoms with E-state index in [0.717, 1.165) is 40.1 Å². The lowest BCUT2D eigenvalue weighted by molar-refractivity contribution is -0.112. The maximum absolute atomic E-state index is 12.4. The Hall–Kier alpha value is -3.26. The van der Waals surface area contributed by atoms with E-state index in [2.05, 4.69) is 10.6 Å². The Morgan fingerprint density at radius 1 is 1.19 bits per heavy atom. The number of benzene rings is 2. The van der Waals surface area contributed by atoms with E-state index in [1.165, 1.54) is 6.20 Å². The third-order valence-corrected chi connectivity index (χ3v) is 4.22. The van der Waals surface area contributed by atoms with Gasteiger partial charge >= 0.3 is 0 Å². The van der Waals surface area contributed by atoms with Gasteiger partial charge in [0.25, 0.3) is 5.91 Å². The summed E-state index contributed by atoms with van der Waals surface area (Å²) in [6.07, 6.45) is 2.22. The highest BCUT2D eigenvalue weighted by atomic mass is 16.5. The van der Waals surface area contributed by atoms with Gasteiger partial charge in [0, 0.05) is 18.4 Å². The number of amides is 1. The normalized spacial score (nSPS) is 10.9. The number of ether oxygens (including phenoxy) is 1. The maximum Gasteiger partial charge on any atom is 0.267 e. The first-order valence-corrected chi connectivity index (χ1v) is 8.80. The average molecular weight is 363 g/mol. The molecule has 0 aliphatic rings. The predicted molar refractivity (Wildman–Crippen MR) is 108 cm³/mol. The van der Waals surface area contributed by atoms with Gasteiger partial charge in [0.1, 0.15) is 17.4 Å². The molecule has 2 aromatic rings. The van der Waals surface area contributed by atoms with Crippen LogP contribution in [0.3, 0.4) is 0 Å². The molecule has 0 heterocycles. The number of nitrogens with zero attached hydrogens (tertiary/aromatic N) is 1. The molecule has 5 nitrogen and oxygen atoms in total. The topological polar surface area (TPSA) is 74.1 Å². The van der Waals surface area contributed by atoms with Gasteiger partial charge in [0.2, 0.25) is 0 Å². The number of hydrogen-bond acceptors (Lipinski definition) is 4. The molecule has 5 heteroatoms. The van der Waals surface area contributed by atoms with Crippen LogP contribution in [0.5, 0.6) is 5.75 Å². The first kappa shape index (κ1) is 20.1. The smallest absolute Gasteiger partial charge is 0.267 e.